The number of benzene rings is 1. The Morgan fingerprint density at radius 2 is 2.21 bits per heavy atom. The van der Waals surface area contributed by atoms with Crippen molar-refractivity contribution in [2.45, 2.75) is 26.2 Å². The molecule has 0 atom stereocenters. The molecule has 0 spiro atoms. The third kappa shape index (κ3) is 2.30. The molecule has 1 aliphatic carbocycles. The molecule has 2 rings (SSSR count). The van der Waals surface area contributed by atoms with Gasteiger partial charge in [-0.05, 0) is 59.3 Å². The maximum atomic E-state index is 3.57. The minimum atomic E-state index is 0.906. The van der Waals surface area contributed by atoms with Crippen LogP contribution >= 0.6 is 15.9 Å². The Morgan fingerprint density at radius 1 is 1.43 bits per heavy atom. The van der Waals surface area contributed by atoms with Crippen molar-refractivity contribution in [2.24, 2.45) is 5.92 Å². The molecule has 1 aliphatic rings. The minimum Gasteiger partial charge on any atom is -0.384 e. The van der Waals surface area contributed by atoms with Gasteiger partial charge in [0.15, 0.2) is 0 Å². The maximum absolute atomic E-state index is 3.57. The molecule has 76 valence electrons. The molecule has 0 aliphatic heterocycles. The van der Waals surface area contributed by atoms with Gasteiger partial charge in [0.05, 0.1) is 0 Å². The molecule has 0 radical (unpaired) electrons. The highest BCUT2D eigenvalue weighted by Gasteiger charge is 2.16. The van der Waals surface area contributed by atoms with Gasteiger partial charge in [-0.15, -0.1) is 0 Å². The molecule has 0 unspecified atom stereocenters. The lowest BCUT2D eigenvalue weighted by Crippen LogP contribution is -2.20. The average Bonchev–Trinajstić information content (AvgIpc) is 2.05. The average molecular weight is 254 g/mol. The van der Waals surface area contributed by atoms with Crippen LogP contribution in [-0.2, 0) is 0 Å². The minimum absolute atomic E-state index is 0.906. The van der Waals surface area contributed by atoms with Crippen LogP contribution in [0.3, 0.4) is 0 Å². The Hall–Kier alpha value is -0.500. The fourth-order valence-corrected chi connectivity index (χ4v) is 2.35. The van der Waals surface area contributed by atoms with E-state index >= 15 is 0 Å². The van der Waals surface area contributed by atoms with Crippen LogP contribution in [0, 0.1) is 12.8 Å². The number of halogens is 1. The summed E-state index contributed by atoms with van der Waals surface area (Å²) < 4.78 is 1.18. The molecule has 1 nitrogen and oxygen atoms in total. The van der Waals surface area contributed by atoms with Gasteiger partial charge < -0.3 is 5.32 Å². The van der Waals surface area contributed by atoms with Crippen molar-refractivity contribution in [3.63, 3.8) is 0 Å². The van der Waals surface area contributed by atoms with Crippen molar-refractivity contribution in [1.29, 1.82) is 0 Å². The summed E-state index contributed by atoms with van der Waals surface area (Å²) in [6.07, 6.45) is 4.22. The van der Waals surface area contributed by atoms with E-state index in [1.54, 1.807) is 0 Å². The molecular weight excluding hydrogens is 238 g/mol. The van der Waals surface area contributed by atoms with Gasteiger partial charge in [0.2, 0.25) is 0 Å². The van der Waals surface area contributed by atoms with Crippen molar-refractivity contribution in [3.8, 4) is 0 Å². The van der Waals surface area contributed by atoms with Crippen molar-refractivity contribution in [3.05, 3.63) is 28.2 Å². The first-order valence-electron chi connectivity index (χ1n) is 5.26. The number of hydrogen-bond donors (Lipinski definition) is 1. The Labute approximate surface area is 94.0 Å². The Bertz CT molecular complexity index is 318. The molecule has 0 bridgehead atoms. The quantitative estimate of drug-likeness (QED) is 0.860. The van der Waals surface area contributed by atoms with Crippen LogP contribution in [0.4, 0.5) is 5.69 Å². The first-order valence-corrected chi connectivity index (χ1v) is 6.05. The zero-order chi connectivity index (χ0) is 9.97. The van der Waals surface area contributed by atoms with Crippen LogP contribution in [0.25, 0.3) is 0 Å². The van der Waals surface area contributed by atoms with E-state index < -0.39 is 0 Å². The van der Waals surface area contributed by atoms with Gasteiger partial charge in [-0.2, -0.15) is 0 Å². The number of aryl methyl sites for hydroxylation is 1. The normalized spacial score (nSPS) is 16.4. The number of hydrogen-bond acceptors (Lipinski definition) is 1. The molecule has 0 amide bonds. The molecule has 0 saturated heterocycles. The van der Waals surface area contributed by atoms with Gasteiger partial charge in [-0.3, -0.25) is 0 Å². The molecular formula is C12H16BrN. The standard InChI is InChI=1S/C12H16BrN/c1-9-5-6-12(11(13)7-9)14-8-10-3-2-4-10/h5-7,10,14H,2-4,8H2,1H3. The summed E-state index contributed by atoms with van der Waals surface area (Å²) in [5, 5.41) is 3.50. The molecule has 1 fully saturated rings. The predicted molar refractivity (Wildman–Crippen MR) is 64.7 cm³/mol. The van der Waals surface area contributed by atoms with E-state index in [0.29, 0.717) is 0 Å². The lowest BCUT2D eigenvalue weighted by atomic mass is 9.85. The van der Waals surface area contributed by atoms with Crippen LogP contribution in [0.2, 0.25) is 0 Å². The van der Waals surface area contributed by atoms with Crippen LogP contribution < -0.4 is 5.32 Å². The van der Waals surface area contributed by atoms with E-state index in [1.165, 1.54) is 35.0 Å². The van der Waals surface area contributed by atoms with Crippen LogP contribution in [0.1, 0.15) is 24.8 Å². The van der Waals surface area contributed by atoms with Gasteiger partial charge >= 0.3 is 0 Å². The highest BCUT2D eigenvalue weighted by Crippen LogP contribution is 2.28. The second-order valence-corrected chi connectivity index (χ2v) is 5.02. The van der Waals surface area contributed by atoms with Crippen molar-refractivity contribution in [1.82, 2.24) is 0 Å². The first kappa shape index (κ1) is 10.0. The first-order chi connectivity index (χ1) is 6.75. The molecule has 1 aromatic carbocycles. The zero-order valence-corrected chi connectivity index (χ0v) is 10.1. The van der Waals surface area contributed by atoms with Gasteiger partial charge in [0.25, 0.3) is 0 Å². The van der Waals surface area contributed by atoms with Crippen molar-refractivity contribution >= 4 is 21.6 Å². The third-order valence-electron chi connectivity index (χ3n) is 2.93. The smallest absolute Gasteiger partial charge is 0.0484 e. The molecule has 0 aromatic heterocycles. The molecule has 1 saturated carbocycles. The lowest BCUT2D eigenvalue weighted by molar-refractivity contribution is 0.333. The summed E-state index contributed by atoms with van der Waals surface area (Å²) >= 11 is 3.57. The lowest BCUT2D eigenvalue weighted by Gasteiger charge is -2.26. The zero-order valence-electron chi connectivity index (χ0n) is 8.52. The fourth-order valence-electron chi connectivity index (χ4n) is 1.71. The Kier molecular flexibility index (Phi) is 3.12. The topological polar surface area (TPSA) is 12.0 Å². The van der Waals surface area contributed by atoms with E-state index in [9.17, 15) is 0 Å². The molecule has 1 N–H and O–H groups in total. The number of rotatable bonds is 3. The molecule has 1 aromatic rings. The highest BCUT2D eigenvalue weighted by molar-refractivity contribution is 9.10. The van der Waals surface area contributed by atoms with Gasteiger partial charge in [0.1, 0.15) is 0 Å². The van der Waals surface area contributed by atoms with Crippen LogP contribution in [0.5, 0.6) is 0 Å². The molecule has 14 heavy (non-hydrogen) atoms. The number of anilines is 1. The monoisotopic (exact) mass is 253 g/mol. The molecule has 0 heterocycles. The van der Waals surface area contributed by atoms with Crippen LogP contribution in [0.15, 0.2) is 22.7 Å². The summed E-state index contributed by atoms with van der Waals surface area (Å²) in [7, 11) is 0. The Balaban J connectivity index is 1.94. The highest BCUT2D eigenvalue weighted by atomic mass is 79.9. The maximum Gasteiger partial charge on any atom is 0.0484 e. The summed E-state index contributed by atoms with van der Waals surface area (Å²) in [5.41, 5.74) is 2.52. The van der Waals surface area contributed by atoms with Gasteiger partial charge in [-0.25, -0.2) is 0 Å². The van der Waals surface area contributed by atoms with E-state index in [4.69, 9.17) is 0 Å². The third-order valence-corrected chi connectivity index (χ3v) is 3.59. The van der Waals surface area contributed by atoms with E-state index in [0.717, 1.165) is 12.5 Å². The molecule has 2 heteroatoms. The summed E-state index contributed by atoms with van der Waals surface area (Å²) in [6.45, 7) is 3.24. The van der Waals surface area contributed by atoms with E-state index in [-0.39, 0.29) is 0 Å². The second-order valence-electron chi connectivity index (χ2n) is 4.16. The summed E-state index contributed by atoms with van der Waals surface area (Å²) in [6, 6.07) is 6.45. The SMILES string of the molecule is Cc1ccc(NCC2CCC2)c(Br)c1. The van der Waals surface area contributed by atoms with Crippen LogP contribution in [-0.4, -0.2) is 6.54 Å². The predicted octanol–water partition coefficient (Wildman–Crippen LogP) is 3.97. The van der Waals surface area contributed by atoms with Gasteiger partial charge in [0, 0.05) is 16.7 Å². The largest absolute Gasteiger partial charge is 0.384 e. The van der Waals surface area contributed by atoms with E-state index in [1.807, 2.05) is 0 Å². The van der Waals surface area contributed by atoms with E-state index in [2.05, 4.69) is 46.4 Å². The number of nitrogens with one attached hydrogen (secondary N) is 1. The fraction of sp³-hybridized carbons (Fsp3) is 0.500. The Morgan fingerprint density at radius 3 is 2.79 bits per heavy atom. The van der Waals surface area contributed by atoms with Crippen molar-refractivity contribution < 1.29 is 0 Å². The second kappa shape index (κ2) is 4.35. The van der Waals surface area contributed by atoms with Gasteiger partial charge in [-0.1, -0.05) is 12.5 Å². The van der Waals surface area contributed by atoms with Crippen molar-refractivity contribution in [2.75, 3.05) is 11.9 Å². The summed E-state index contributed by atoms with van der Waals surface area (Å²) in [4.78, 5) is 0. The summed E-state index contributed by atoms with van der Waals surface area (Å²) in [5.74, 6) is 0.906.